The van der Waals surface area contributed by atoms with Gasteiger partial charge in [0.25, 0.3) is 0 Å². The van der Waals surface area contributed by atoms with Crippen molar-refractivity contribution in [3.8, 4) is 0 Å². The fourth-order valence-corrected chi connectivity index (χ4v) is 4.36. The maximum atomic E-state index is 13.2. The number of amides is 1. The van der Waals surface area contributed by atoms with E-state index in [0.717, 1.165) is 42.4 Å². The molecule has 0 radical (unpaired) electrons. The lowest BCUT2D eigenvalue weighted by atomic mass is 9.99. The minimum Gasteiger partial charge on any atom is -0.356 e. The molecule has 0 bridgehead atoms. The number of fused-ring (bicyclic) bond motifs is 1. The summed E-state index contributed by atoms with van der Waals surface area (Å²) in [5, 5.41) is 3.38. The van der Waals surface area contributed by atoms with Crippen molar-refractivity contribution < 1.29 is 4.79 Å². The van der Waals surface area contributed by atoms with Crippen LogP contribution < -0.4 is 5.32 Å². The van der Waals surface area contributed by atoms with E-state index in [-0.39, 0.29) is 11.9 Å². The minimum atomic E-state index is -0.344. The molecule has 2 aromatic rings. The van der Waals surface area contributed by atoms with Gasteiger partial charge in [-0.1, -0.05) is 19.9 Å². The quantitative estimate of drug-likeness (QED) is 0.749. The number of aryl methyl sites for hydroxylation is 1. The van der Waals surface area contributed by atoms with Gasteiger partial charge in [0, 0.05) is 31.4 Å². The van der Waals surface area contributed by atoms with Crippen LogP contribution in [0.3, 0.4) is 0 Å². The predicted octanol–water partition coefficient (Wildman–Crippen LogP) is 3.18. The van der Waals surface area contributed by atoms with Crippen molar-refractivity contribution >= 4 is 40.5 Å². The third-order valence-electron chi connectivity index (χ3n) is 6.11. The van der Waals surface area contributed by atoms with Crippen LogP contribution in [0.1, 0.15) is 52.8 Å². The first-order valence-electron chi connectivity index (χ1n) is 11.5. The third kappa shape index (κ3) is 4.42. The number of amidine groups is 1. The van der Waals surface area contributed by atoms with Gasteiger partial charge < -0.3 is 14.8 Å². The molecular formula is C23H32N8O. The van der Waals surface area contributed by atoms with Crippen molar-refractivity contribution in [3.63, 3.8) is 0 Å². The number of likely N-dealkylation sites (tertiary alicyclic amines) is 1. The van der Waals surface area contributed by atoms with Crippen molar-refractivity contribution in [2.75, 3.05) is 25.0 Å². The Morgan fingerprint density at radius 3 is 2.91 bits per heavy atom. The molecule has 170 valence electrons. The number of anilines is 1. The highest BCUT2D eigenvalue weighted by Gasteiger charge is 2.28. The first kappa shape index (κ1) is 22.1. The molecule has 0 aliphatic carbocycles. The molecule has 2 aliphatic heterocycles. The van der Waals surface area contributed by atoms with Gasteiger partial charge in [0.1, 0.15) is 24.0 Å². The molecular weight excluding hydrogens is 404 g/mol. The Hall–Kier alpha value is -3.10. The summed E-state index contributed by atoms with van der Waals surface area (Å²) in [5.74, 6) is 2.79. The average Bonchev–Trinajstić information content (AvgIpc) is 3.04. The van der Waals surface area contributed by atoms with E-state index in [2.05, 4.69) is 43.7 Å². The normalized spacial score (nSPS) is 20.0. The van der Waals surface area contributed by atoms with Gasteiger partial charge in [0.05, 0.1) is 6.54 Å². The maximum Gasteiger partial charge on any atom is 0.245 e. The molecule has 1 amide bonds. The van der Waals surface area contributed by atoms with Crippen LogP contribution in [0.5, 0.6) is 0 Å². The van der Waals surface area contributed by atoms with E-state index < -0.39 is 0 Å². The fraction of sp³-hybridized carbons (Fsp3) is 0.565. The number of nitrogens with zero attached hydrogens (tertiary/aromatic N) is 7. The summed E-state index contributed by atoms with van der Waals surface area (Å²) in [5.41, 5.74) is 2.31. The molecule has 0 aromatic carbocycles. The van der Waals surface area contributed by atoms with E-state index in [1.54, 1.807) is 6.21 Å². The highest BCUT2D eigenvalue weighted by molar-refractivity contribution is 6.13. The van der Waals surface area contributed by atoms with E-state index in [1.165, 1.54) is 12.7 Å². The minimum absolute atomic E-state index is 0.132. The topological polar surface area (TPSA) is 101 Å². The second-order valence-corrected chi connectivity index (χ2v) is 8.52. The number of carbonyl (C=O) groups excluding carboxylic acids is 1. The lowest BCUT2D eigenvalue weighted by Crippen LogP contribution is -2.47. The molecule has 1 saturated heterocycles. The van der Waals surface area contributed by atoms with Crippen LogP contribution >= 0.6 is 0 Å². The lowest BCUT2D eigenvalue weighted by molar-refractivity contribution is -0.133. The van der Waals surface area contributed by atoms with E-state index in [9.17, 15) is 4.79 Å². The van der Waals surface area contributed by atoms with Crippen molar-refractivity contribution in [1.29, 1.82) is 0 Å². The third-order valence-corrected chi connectivity index (χ3v) is 6.11. The molecule has 4 heterocycles. The lowest BCUT2D eigenvalue weighted by Gasteiger charge is -2.33. The molecule has 2 aliphatic rings. The van der Waals surface area contributed by atoms with Gasteiger partial charge in [-0.2, -0.15) is 0 Å². The Labute approximate surface area is 188 Å². The van der Waals surface area contributed by atoms with Crippen LogP contribution in [0.25, 0.3) is 16.7 Å². The molecule has 4 rings (SSSR count). The van der Waals surface area contributed by atoms with Crippen LogP contribution in [0.15, 0.2) is 22.4 Å². The fourth-order valence-electron chi connectivity index (χ4n) is 4.36. The predicted molar refractivity (Wildman–Crippen MR) is 128 cm³/mol. The van der Waals surface area contributed by atoms with Crippen LogP contribution in [-0.2, 0) is 11.3 Å². The van der Waals surface area contributed by atoms with Crippen LogP contribution in [0.4, 0.5) is 5.82 Å². The summed E-state index contributed by atoms with van der Waals surface area (Å²) in [4.78, 5) is 37.8. The van der Waals surface area contributed by atoms with E-state index in [0.29, 0.717) is 36.8 Å². The molecule has 1 N–H and O–H groups in total. The highest BCUT2D eigenvalue weighted by atomic mass is 16.2. The van der Waals surface area contributed by atoms with Crippen molar-refractivity contribution in [2.45, 2.75) is 59.5 Å². The molecule has 9 nitrogen and oxygen atoms in total. The summed E-state index contributed by atoms with van der Waals surface area (Å²) in [6, 6.07) is -0.344. The second-order valence-electron chi connectivity index (χ2n) is 8.52. The Morgan fingerprint density at radius 2 is 2.16 bits per heavy atom. The number of nitrogens with one attached hydrogen (secondary N) is 1. The zero-order chi connectivity index (χ0) is 22.7. The zero-order valence-electron chi connectivity index (χ0n) is 19.4. The average molecular weight is 437 g/mol. The number of rotatable bonds is 6. The molecule has 2 atom stereocenters. The van der Waals surface area contributed by atoms with Gasteiger partial charge in [-0.05, 0) is 39.0 Å². The van der Waals surface area contributed by atoms with Crippen molar-refractivity contribution in [1.82, 2.24) is 24.4 Å². The summed E-state index contributed by atoms with van der Waals surface area (Å²) in [6.45, 7) is 11.1. The van der Waals surface area contributed by atoms with Gasteiger partial charge in [0.15, 0.2) is 17.0 Å². The number of aromatic nitrogens is 4. The largest absolute Gasteiger partial charge is 0.356 e. The van der Waals surface area contributed by atoms with E-state index >= 15 is 0 Å². The van der Waals surface area contributed by atoms with Crippen LogP contribution in [-0.4, -0.2) is 68.1 Å². The Morgan fingerprint density at radius 1 is 1.31 bits per heavy atom. The van der Waals surface area contributed by atoms with Gasteiger partial charge in [-0.3, -0.25) is 9.79 Å². The number of aliphatic imine (C=N–C) groups is 2. The first-order chi connectivity index (χ1) is 15.5. The van der Waals surface area contributed by atoms with Crippen LogP contribution in [0.2, 0.25) is 0 Å². The SMILES string of the molecule is CC[C@H](Nc1ncnc2c1nc(C1=CCN=C(C)N=C1)n2CC)C(=O)N1CCCC(C)C1. The molecule has 0 spiro atoms. The number of hydrogen-bond donors (Lipinski definition) is 1. The van der Waals surface area contributed by atoms with Crippen molar-refractivity contribution in [3.05, 3.63) is 18.2 Å². The maximum absolute atomic E-state index is 13.2. The van der Waals surface area contributed by atoms with Gasteiger partial charge in [-0.25, -0.2) is 19.9 Å². The first-order valence-corrected chi connectivity index (χ1v) is 11.5. The van der Waals surface area contributed by atoms with E-state index in [4.69, 9.17) is 4.98 Å². The zero-order valence-corrected chi connectivity index (χ0v) is 19.4. The number of hydrogen-bond acceptors (Lipinski definition) is 7. The molecule has 32 heavy (non-hydrogen) atoms. The summed E-state index contributed by atoms with van der Waals surface area (Å²) in [6.07, 6.45) is 8.27. The summed E-state index contributed by atoms with van der Waals surface area (Å²) in [7, 11) is 0. The van der Waals surface area contributed by atoms with Gasteiger partial charge >= 0.3 is 0 Å². The number of allylic oxidation sites excluding steroid dienone is 1. The van der Waals surface area contributed by atoms with Crippen LogP contribution in [0, 0.1) is 5.92 Å². The standard InChI is InChI=1S/C23H32N8O/c1-5-18(23(32)30-11-7-8-15(3)13-30)28-20-19-22(27-14-26-20)31(6-2)21(29-19)17-9-10-24-16(4)25-12-17/h9,12,14-15,18H,5-8,10-11,13H2,1-4H3,(H,26,27,28)/t15?,18-/m0/s1. The van der Waals surface area contributed by atoms with Crippen molar-refractivity contribution in [2.24, 2.45) is 15.9 Å². The highest BCUT2D eigenvalue weighted by Crippen LogP contribution is 2.26. The molecule has 1 fully saturated rings. The number of imidazole rings is 1. The van der Waals surface area contributed by atoms with Gasteiger partial charge in [-0.15, -0.1) is 0 Å². The Kier molecular flexibility index (Phi) is 6.62. The number of piperidine rings is 1. The number of carbonyl (C=O) groups is 1. The Bertz CT molecular complexity index is 1080. The second kappa shape index (κ2) is 9.58. The molecule has 9 heteroatoms. The molecule has 0 saturated carbocycles. The monoisotopic (exact) mass is 436 g/mol. The van der Waals surface area contributed by atoms with E-state index in [1.807, 2.05) is 24.8 Å². The van der Waals surface area contributed by atoms with Gasteiger partial charge in [0.2, 0.25) is 5.91 Å². The molecule has 1 unspecified atom stereocenters. The smallest absolute Gasteiger partial charge is 0.245 e. The summed E-state index contributed by atoms with van der Waals surface area (Å²) >= 11 is 0. The summed E-state index contributed by atoms with van der Waals surface area (Å²) < 4.78 is 2.05. The Balaban J connectivity index is 1.66. The molecule has 2 aromatic heterocycles.